The van der Waals surface area contributed by atoms with E-state index < -0.39 is 0 Å². The van der Waals surface area contributed by atoms with Gasteiger partial charge < -0.3 is 10.5 Å². The molecular formula is C17H28N2O. The van der Waals surface area contributed by atoms with Crippen molar-refractivity contribution in [1.29, 1.82) is 0 Å². The minimum absolute atomic E-state index is 0.0442. The van der Waals surface area contributed by atoms with Crippen molar-refractivity contribution in [2.45, 2.75) is 59.1 Å². The van der Waals surface area contributed by atoms with Crippen LogP contribution < -0.4 is 10.5 Å². The molecule has 0 aromatic carbocycles. The first-order valence-electron chi connectivity index (χ1n) is 7.86. The second kappa shape index (κ2) is 6.57. The SMILES string of the molecule is CC1CCC(C(C)C)C(Oc2ncccc2[C@H](C)N)C1. The maximum Gasteiger partial charge on any atom is 0.218 e. The lowest BCUT2D eigenvalue weighted by Gasteiger charge is -2.37. The number of pyridine rings is 1. The fraction of sp³-hybridized carbons (Fsp3) is 0.706. The second-order valence-electron chi connectivity index (χ2n) is 6.67. The Morgan fingerprint density at radius 3 is 2.70 bits per heavy atom. The highest BCUT2D eigenvalue weighted by molar-refractivity contribution is 5.28. The monoisotopic (exact) mass is 276 g/mol. The molecule has 20 heavy (non-hydrogen) atoms. The number of aromatic nitrogens is 1. The van der Waals surface area contributed by atoms with Crippen molar-refractivity contribution < 1.29 is 4.74 Å². The van der Waals surface area contributed by atoms with E-state index in [2.05, 4.69) is 25.8 Å². The van der Waals surface area contributed by atoms with E-state index in [9.17, 15) is 0 Å². The van der Waals surface area contributed by atoms with Crippen LogP contribution in [0.15, 0.2) is 18.3 Å². The van der Waals surface area contributed by atoms with E-state index in [1.165, 1.54) is 12.8 Å². The lowest BCUT2D eigenvalue weighted by molar-refractivity contribution is 0.0416. The summed E-state index contributed by atoms with van der Waals surface area (Å²) in [4.78, 5) is 4.41. The lowest BCUT2D eigenvalue weighted by atomic mass is 9.75. The molecule has 112 valence electrons. The van der Waals surface area contributed by atoms with Gasteiger partial charge in [0, 0.05) is 17.8 Å². The van der Waals surface area contributed by atoms with E-state index in [0.717, 1.165) is 23.8 Å². The highest BCUT2D eigenvalue weighted by Crippen LogP contribution is 2.36. The summed E-state index contributed by atoms with van der Waals surface area (Å²) in [6.45, 7) is 8.88. The molecule has 1 aliphatic rings. The molecule has 0 aliphatic heterocycles. The largest absolute Gasteiger partial charge is 0.474 e. The molecule has 3 nitrogen and oxygen atoms in total. The van der Waals surface area contributed by atoms with Crippen molar-refractivity contribution >= 4 is 0 Å². The first-order valence-corrected chi connectivity index (χ1v) is 7.86. The number of rotatable bonds is 4. The zero-order valence-corrected chi connectivity index (χ0v) is 13.2. The number of hydrogen-bond donors (Lipinski definition) is 1. The Labute approximate surface area is 122 Å². The summed E-state index contributed by atoms with van der Waals surface area (Å²) < 4.78 is 6.30. The Morgan fingerprint density at radius 2 is 2.05 bits per heavy atom. The third kappa shape index (κ3) is 3.51. The summed E-state index contributed by atoms with van der Waals surface area (Å²) in [6.07, 6.45) is 5.75. The molecule has 2 rings (SSSR count). The topological polar surface area (TPSA) is 48.1 Å². The first kappa shape index (κ1) is 15.3. The van der Waals surface area contributed by atoms with E-state index in [1.54, 1.807) is 6.20 Å². The van der Waals surface area contributed by atoms with Gasteiger partial charge in [-0.15, -0.1) is 0 Å². The van der Waals surface area contributed by atoms with Crippen molar-refractivity contribution in [2.75, 3.05) is 0 Å². The van der Waals surface area contributed by atoms with Gasteiger partial charge in [-0.1, -0.05) is 33.3 Å². The molecule has 0 amide bonds. The van der Waals surface area contributed by atoms with Crippen molar-refractivity contribution in [3.8, 4) is 5.88 Å². The Hall–Kier alpha value is -1.09. The summed E-state index contributed by atoms with van der Waals surface area (Å²) in [5.74, 6) is 2.73. The zero-order chi connectivity index (χ0) is 14.7. The molecule has 1 aromatic rings. The number of ether oxygens (including phenoxy) is 1. The molecule has 1 heterocycles. The van der Waals surface area contributed by atoms with Gasteiger partial charge in [-0.2, -0.15) is 0 Å². The standard InChI is InChI=1S/C17H28N2O/c1-11(2)14-8-7-12(3)10-16(14)20-17-15(13(4)18)6-5-9-19-17/h5-6,9,11-14,16H,7-8,10,18H2,1-4H3/t12?,13-,14?,16?/m0/s1. The van der Waals surface area contributed by atoms with Gasteiger partial charge in [-0.05, 0) is 43.6 Å². The third-order valence-electron chi connectivity index (χ3n) is 4.52. The van der Waals surface area contributed by atoms with Crippen molar-refractivity contribution in [1.82, 2.24) is 4.98 Å². The molecule has 2 N–H and O–H groups in total. The number of nitrogens with zero attached hydrogens (tertiary/aromatic N) is 1. The van der Waals surface area contributed by atoms with Crippen molar-refractivity contribution in [3.63, 3.8) is 0 Å². The van der Waals surface area contributed by atoms with Gasteiger partial charge >= 0.3 is 0 Å². The van der Waals surface area contributed by atoms with Crippen LogP contribution in [-0.4, -0.2) is 11.1 Å². The summed E-state index contributed by atoms with van der Waals surface area (Å²) in [5, 5.41) is 0. The van der Waals surface area contributed by atoms with Gasteiger partial charge in [0.25, 0.3) is 0 Å². The molecule has 4 atom stereocenters. The van der Waals surface area contributed by atoms with Crippen LogP contribution in [0.25, 0.3) is 0 Å². The van der Waals surface area contributed by atoms with Gasteiger partial charge in [0.1, 0.15) is 6.10 Å². The van der Waals surface area contributed by atoms with E-state index in [-0.39, 0.29) is 12.1 Å². The normalized spacial score (nSPS) is 28.4. The highest BCUT2D eigenvalue weighted by atomic mass is 16.5. The van der Waals surface area contributed by atoms with Gasteiger partial charge in [0.15, 0.2) is 0 Å². The minimum atomic E-state index is -0.0442. The summed E-state index contributed by atoms with van der Waals surface area (Å²) >= 11 is 0. The molecule has 1 aliphatic carbocycles. The van der Waals surface area contributed by atoms with Crippen LogP contribution in [0, 0.1) is 17.8 Å². The Bertz CT molecular complexity index is 431. The fourth-order valence-corrected chi connectivity index (χ4v) is 3.24. The molecule has 0 saturated heterocycles. The molecule has 3 heteroatoms. The highest BCUT2D eigenvalue weighted by Gasteiger charge is 2.33. The molecule has 1 fully saturated rings. The number of nitrogens with two attached hydrogens (primary N) is 1. The smallest absolute Gasteiger partial charge is 0.218 e. The molecule has 3 unspecified atom stereocenters. The second-order valence-corrected chi connectivity index (χ2v) is 6.67. The molecule has 1 saturated carbocycles. The van der Waals surface area contributed by atoms with E-state index in [4.69, 9.17) is 10.5 Å². The third-order valence-corrected chi connectivity index (χ3v) is 4.52. The van der Waals surface area contributed by atoms with Crippen LogP contribution in [0.4, 0.5) is 0 Å². The van der Waals surface area contributed by atoms with Crippen molar-refractivity contribution in [3.05, 3.63) is 23.9 Å². The zero-order valence-electron chi connectivity index (χ0n) is 13.2. The van der Waals surface area contributed by atoms with Crippen LogP contribution in [0.5, 0.6) is 5.88 Å². The summed E-state index contributed by atoms with van der Waals surface area (Å²) in [7, 11) is 0. The Balaban J connectivity index is 2.18. The number of hydrogen-bond acceptors (Lipinski definition) is 3. The van der Waals surface area contributed by atoms with Gasteiger partial charge in [-0.25, -0.2) is 4.98 Å². The minimum Gasteiger partial charge on any atom is -0.474 e. The van der Waals surface area contributed by atoms with Crippen LogP contribution in [0.3, 0.4) is 0 Å². The van der Waals surface area contributed by atoms with Crippen LogP contribution in [0.2, 0.25) is 0 Å². The van der Waals surface area contributed by atoms with Gasteiger partial charge in [0.05, 0.1) is 0 Å². The van der Waals surface area contributed by atoms with Crippen LogP contribution in [0.1, 0.15) is 58.6 Å². The molecule has 0 radical (unpaired) electrons. The predicted octanol–water partition coefficient (Wildman–Crippen LogP) is 3.94. The Morgan fingerprint density at radius 1 is 1.30 bits per heavy atom. The maximum atomic E-state index is 6.30. The van der Waals surface area contributed by atoms with Gasteiger partial charge in [-0.3, -0.25) is 0 Å². The van der Waals surface area contributed by atoms with Gasteiger partial charge in [0.2, 0.25) is 5.88 Å². The predicted molar refractivity (Wildman–Crippen MR) is 82.6 cm³/mol. The average molecular weight is 276 g/mol. The summed E-state index contributed by atoms with van der Waals surface area (Å²) in [5.41, 5.74) is 7.03. The molecular weight excluding hydrogens is 248 g/mol. The quantitative estimate of drug-likeness (QED) is 0.906. The molecule has 1 aromatic heterocycles. The average Bonchev–Trinajstić information content (AvgIpc) is 2.38. The fourth-order valence-electron chi connectivity index (χ4n) is 3.24. The van der Waals surface area contributed by atoms with E-state index in [1.807, 2.05) is 19.1 Å². The Kier molecular flexibility index (Phi) is 5.03. The first-order chi connectivity index (χ1) is 9.49. The van der Waals surface area contributed by atoms with Crippen LogP contribution >= 0.6 is 0 Å². The molecule has 0 bridgehead atoms. The maximum absolute atomic E-state index is 6.30. The molecule has 0 spiro atoms. The van der Waals surface area contributed by atoms with E-state index >= 15 is 0 Å². The lowest BCUT2D eigenvalue weighted by Crippen LogP contribution is -2.37. The van der Waals surface area contributed by atoms with E-state index in [0.29, 0.717) is 11.8 Å². The van der Waals surface area contributed by atoms with Crippen molar-refractivity contribution in [2.24, 2.45) is 23.5 Å². The van der Waals surface area contributed by atoms with Crippen LogP contribution in [-0.2, 0) is 0 Å². The summed E-state index contributed by atoms with van der Waals surface area (Å²) in [6, 6.07) is 3.90.